The van der Waals surface area contributed by atoms with E-state index in [0.29, 0.717) is 0 Å². The summed E-state index contributed by atoms with van der Waals surface area (Å²) in [6, 6.07) is 5.88. The third-order valence-corrected chi connectivity index (χ3v) is 2.68. The molecule has 5 heteroatoms. The fraction of sp³-hybridized carbons (Fsp3) is 0.385. The molecule has 0 fully saturated rings. The van der Waals surface area contributed by atoms with Gasteiger partial charge in [-0.15, -0.1) is 0 Å². The molecule has 0 bridgehead atoms. The summed E-state index contributed by atoms with van der Waals surface area (Å²) in [5.74, 6) is -1.09. The summed E-state index contributed by atoms with van der Waals surface area (Å²) in [5.41, 5.74) is 7.93. The summed E-state index contributed by atoms with van der Waals surface area (Å²) in [6.07, 6.45) is -1.12. The van der Waals surface area contributed by atoms with Crippen molar-refractivity contribution in [2.45, 2.75) is 26.4 Å². The number of hydrogen-bond donors (Lipinski definition) is 3. The predicted molar refractivity (Wildman–Crippen MR) is 67.8 cm³/mol. The molecule has 0 saturated carbocycles. The Morgan fingerprint density at radius 1 is 1.39 bits per heavy atom. The first-order valence-corrected chi connectivity index (χ1v) is 5.70. The molecule has 1 unspecified atom stereocenters. The van der Waals surface area contributed by atoms with E-state index in [2.05, 4.69) is 5.32 Å². The van der Waals surface area contributed by atoms with Gasteiger partial charge in [0.25, 0.3) is 0 Å². The average Bonchev–Trinajstić information content (AvgIpc) is 2.30. The largest absolute Gasteiger partial charge is 0.381 e. The maximum absolute atomic E-state index is 11.6. The van der Waals surface area contributed by atoms with Gasteiger partial charge in [0, 0.05) is 0 Å². The lowest BCUT2D eigenvalue weighted by molar-refractivity contribution is -0.126. The topological polar surface area (TPSA) is 92.4 Å². The number of amides is 2. The van der Waals surface area contributed by atoms with Gasteiger partial charge >= 0.3 is 0 Å². The van der Waals surface area contributed by atoms with Crippen molar-refractivity contribution in [1.82, 2.24) is 5.32 Å². The molecule has 4 N–H and O–H groups in total. The minimum absolute atomic E-state index is 0.154. The Hall–Kier alpha value is -1.88. The van der Waals surface area contributed by atoms with Crippen LogP contribution in [0.4, 0.5) is 0 Å². The summed E-state index contributed by atoms with van der Waals surface area (Å²) in [7, 11) is 0. The molecule has 0 radical (unpaired) electrons. The minimum atomic E-state index is -1.34. The Balaban J connectivity index is 2.54. The number of hydrogen-bond acceptors (Lipinski definition) is 3. The second kappa shape index (κ2) is 6.16. The summed E-state index contributed by atoms with van der Waals surface area (Å²) < 4.78 is 0. The number of nitrogens with one attached hydrogen (secondary N) is 1. The molecule has 0 aliphatic carbocycles. The van der Waals surface area contributed by atoms with E-state index < -0.39 is 12.0 Å². The van der Waals surface area contributed by atoms with Crippen molar-refractivity contribution >= 4 is 11.8 Å². The molecular weight excluding hydrogens is 232 g/mol. The molecule has 2 amide bonds. The second-order valence-electron chi connectivity index (χ2n) is 4.33. The monoisotopic (exact) mass is 250 g/mol. The van der Waals surface area contributed by atoms with Gasteiger partial charge in [-0.05, 0) is 25.0 Å². The highest BCUT2D eigenvalue weighted by Gasteiger charge is 2.12. The molecule has 1 atom stereocenters. The van der Waals surface area contributed by atoms with Gasteiger partial charge in [-0.2, -0.15) is 0 Å². The molecule has 1 rings (SSSR count). The zero-order chi connectivity index (χ0) is 13.7. The highest BCUT2D eigenvalue weighted by atomic mass is 16.3. The number of aliphatic hydroxyl groups is 1. The average molecular weight is 250 g/mol. The van der Waals surface area contributed by atoms with Crippen molar-refractivity contribution in [1.29, 1.82) is 0 Å². The lowest BCUT2D eigenvalue weighted by Crippen LogP contribution is -2.40. The van der Waals surface area contributed by atoms with Gasteiger partial charge in [-0.1, -0.05) is 23.8 Å². The molecule has 0 heterocycles. The van der Waals surface area contributed by atoms with Gasteiger partial charge in [0.05, 0.1) is 13.0 Å². The van der Waals surface area contributed by atoms with Crippen LogP contribution < -0.4 is 11.1 Å². The third-order valence-electron chi connectivity index (χ3n) is 2.68. The Morgan fingerprint density at radius 2 is 2.06 bits per heavy atom. The fourth-order valence-electron chi connectivity index (χ4n) is 1.54. The number of aliphatic hydroxyl groups excluding tert-OH is 1. The molecular formula is C13H18N2O3. The van der Waals surface area contributed by atoms with Crippen LogP contribution in [-0.2, 0) is 16.0 Å². The van der Waals surface area contributed by atoms with Gasteiger partial charge in [0.2, 0.25) is 11.8 Å². The Morgan fingerprint density at radius 3 is 2.67 bits per heavy atom. The van der Waals surface area contributed by atoms with Crippen molar-refractivity contribution in [3.8, 4) is 0 Å². The van der Waals surface area contributed by atoms with Crippen molar-refractivity contribution < 1.29 is 14.7 Å². The Bertz CT molecular complexity index is 458. The van der Waals surface area contributed by atoms with Crippen molar-refractivity contribution in [3.05, 3.63) is 34.9 Å². The highest BCUT2D eigenvalue weighted by molar-refractivity contribution is 5.82. The van der Waals surface area contributed by atoms with Crippen LogP contribution in [0.1, 0.15) is 16.7 Å². The van der Waals surface area contributed by atoms with Crippen molar-refractivity contribution in [2.75, 3.05) is 6.54 Å². The standard InChI is InChI=1S/C13H18N2O3/c1-8-3-4-9(2)10(5-8)6-12(17)15-7-11(16)13(14)18/h3-5,11,16H,6-7H2,1-2H3,(H2,14,18)(H,15,17). The summed E-state index contributed by atoms with van der Waals surface area (Å²) >= 11 is 0. The highest BCUT2D eigenvalue weighted by Crippen LogP contribution is 2.11. The summed E-state index contributed by atoms with van der Waals surface area (Å²) in [4.78, 5) is 22.2. The van der Waals surface area contributed by atoms with Crippen LogP contribution in [0.2, 0.25) is 0 Å². The van der Waals surface area contributed by atoms with Crippen LogP contribution in [0.3, 0.4) is 0 Å². The maximum atomic E-state index is 11.6. The third kappa shape index (κ3) is 4.18. The SMILES string of the molecule is Cc1ccc(C)c(CC(=O)NCC(O)C(N)=O)c1. The second-order valence-corrected chi connectivity index (χ2v) is 4.33. The molecule has 1 aromatic carbocycles. The molecule has 18 heavy (non-hydrogen) atoms. The zero-order valence-corrected chi connectivity index (χ0v) is 10.6. The molecule has 0 aromatic heterocycles. The van der Waals surface area contributed by atoms with Crippen LogP contribution in [0.5, 0.6) is 0 Å². The first-order valence-electron chi connectivity index (χ1n) is 5.70. The van der Waals surface area contributed by atoms with Crippen LogP contribution in [0.25, 0.3) is 0 Å². The molecule has 5 nitrogen and oxygen atoms in total. The number of carbonyl (C=O) groups is 2. The van der Waals surface area contributed by atoms with Crippen molar-refractivity contribution in [2.24, 2.45) is 5.73 Å². The van der Waals surface area contributed by atoms with Gasteiger partial charge < -0.3 is 16.2 Å². The van der Waals surface area contributed by atoms with Crippen LogP contribution in [0.15, 0.2) is 18.2 Å². The molecule has 0 spiro atoms. The number of carbonyl (C=O) groups excluding carboxylic acids is 2. The van der Waals surface area contributed by atoms with E-state index in [1.807, 2.05) is 32.0 Å². The zero-order valence-electron chi connectivity index (χ0n) is 10.6. The van der Waals surface area contributed by atoms with Crippen LogP contribution in [0, 0.1) is 13.8 Å². The normalized spacial score (nSPS) is 11.9. The van der Waals surface area contributed by atoms with E-state index in [0.717, 1.165) is 16.7 Å². The number of benzene rings is 1. The summed E-state index contributed by atoms with van der Waals surface area (Å²) in [6.45, 7) is 3.73. The van der Waals surface area contributed by atoms with E-state index in [9.17, 15) is 9.59 Å². The molecule has 0 aliphatic rings. The summed E-state index contributed by atoms with van der Waals surface area (Å²) in [5, 5.41) is 11.6. The lowest BCUT2D eigenvalue weighted by Gasteiger charge is -2.10. The number of rotatable bonds is 5. The first-order chi connectivity index (χ1) is 8.40. The smallest absolute Gasteiger partial charge is 0.248 e. The van der Waals surface area contributed by atoms with Gasteiger partial charge in [-0.3, -0.25) is 9.59 Å². The van der Waals surface area contributed by atoms with E-state index >= 15 is 0 Å². The van der Waals surface area contributed by atoms with Gasteiger partial charge in [0.1, 0.15) is 6.10 Å². The van der Waals surface area contributed by atoms with Gasteiger partial charge in [-0.25, -0.2) is 0 Å². The van der Waals surface area contributed by atoms with E-state index in [4.69, 9.17) is 10.8 Å². The lowest BCUT2D eigenvalue weighted by atomic mass is 10.0. The Kier molecular flexibility index (Phi) is 4.85. The fourth-order valence-corrected chi connectivity index (χ4v) is 1.54. The van der Waals surface area contributed by atoms with Crippen LogP contribution >= 0.6 is 0 Å². The number of nitrogens with two attached hydrogens (primary N) is 1. The molecule has 0 aliphatic heterocycles. The number of aryl methyl sites for hydroxylation is 2. The van der Waals surface area contributed by atoms with E-state index in [1.54, 1.807) is 0 Å². The molecule has 0 saturated heterocycles. The first kappa shape index (κ1) is 14.2. The quantitative estimate of drug-likeness (QED) is 0.676. The van der Waals surface area contributed by atoms with Gasteiger partial charge in [0.15, 0.2) is 0 Å². The molecule has 98 valence electrons. The van der Waals surface area contributed by atoms with E-state index in [1.165, 1.54) is 0 Å². The minimum Gasteiger partial charge on any atom is -0.381 e. The number of primary amides is 1. The van der Waals surface area contributed by atoms with Crippen molar-refractivity contribution in [3.63, 3.8) is 0 Å². The predicted octanol–water partition coefficient (Wildman–Crippen LogP) is -0.192. The molecule has 1 aromatic rings. The Labute approximate surface area is 106 Å². The van der Waals surface area contributed by atoms with Crippen LogP contribution in [-0.4, -0.2) is 29.6 Å². The maximum Gasteiger partial charge on any atom is 0.248 e. The van der Waals surface area contributed by atoms with E-state index in [-0.39, 0.29) is 18.9 Å².